The fourth-order valence-corrected chi connectivity index (χ4v) is 3.34. The summed E-state index contributed by atoms with van der Waals surface area (Å²) in [6.07, 6.45) is 3.89. The molecule has 2 N–H and O–H groups in total. The molecule has 1 aliphatic rings. The van der Waals surface area contributed by atoms with Gasteiger partial charge < -0.3 is 5.32 Å². The van der Waals surface area contributed by atoms with E-state index >= 15 is 0 Å². The Hall–Kier alpha value is -1.18. The summed E-state index contributed by atoms with van der Waals surface area (Å²) in [7, 11) is 0.131. The third-order valence-corrected chi connectivity index (χ3v) is 5.06. The highest BCUT2D eigenvalue weighted by atomic mass is 32.2. The number of likely N-dealkylation sites (N-methyl/N-ethyl adjacent to an activating group) is 1. The first-order valence-electron chi connectivity index (χ1n) is 6.80. The second-order valence-corrected chi connectivity index (χ2v) is 6.89. The minimum Gasteiger partial charge on any atom is -0.386 e. The standard InChI is InChI=1S/C13H22N4O2S/c1-10(17(3)11-6-7-11)9-16-20(18,19)13-12(14-2)5-4-8-15-13/h4-5,8,10-11,14,16H,6-7,9H2,1-3H3. The Balaban J connectivity index is 2.03. The van der Waals surface area contributed by atoms with E-state index in [1.54, 1.807) is 19.2 Å². The Bertz CT molecular complexity index is 557. The van der Waals surface area contributed by atoms with Gasteiger partial charge >= 0.3 is 0 Å². The van der Waals surface area contributed by atoms with Crippen molar-refractivity contribution in [1.29, 1.82) is 0 Å². The minimum atomic E-state index is -3.59. The molecule has 0 aromatic carbocycles. The Morgan fingerprint density at radius 1 is 1.50 bits per heavy atom. The van der Waals surface area contributed by atoms with Crippen molar-refractivity contribution in [3.8, 4) is 0 Å². The van der Waals surface area contributed by atoms with E-state index in [2.05, 4.69) is 19.9 Å². The van der Waals surface area contributed by atoms with Crippen LogP contribution in [0.15, 0.2) is 23.4 Å². The number of rotatable bonds is 7. The van der Waals surface area contributed by atoms with Crippen molar-refractivity contribution in [2.24, 2.45) is 0 Å². The highest BCUT2D eigenvalue weighted by molar-refractivity contribution is 7.89. The molecule has 0 amide bonds. The highest BCUT2D eigenvalue weighted by Gasteiger charge is 2.30. The van der Waals surface area contributed by atoms with Crippen molar-refractivity contribution in [1.82, 2.24) is 14.6 Å². The molecule has 7 heteroatoms. The maximum absolute atomic E-state index is 12.3. The molecule has 1 unspecified atom stereocenters. The monoisotopic (exact) mass is 298 g/mol. The summed E-state index contributed by atoms with van der Waals surface area (Å²) in [4.78, 5) is 6.19. The molecule has 1 heterocycles. The molecular weight excluding hydrogens is 276 g/mol. The summed E-state index contributed by atoms with van der Waals surface area (Å²) in [6, 6.07) is 4.17. The summed E-state index contributed by atoms with van der Waals surface area (Å²) in [5, 5.41) is 2.89. The van der Waals surface area contributed by atoms with Crippen molar-refractivity contribution >= 4 is 15.7 Å². The zero-order chi connectivity index (χ0) is 14.8. The van der Waals surface area contributed by atoms with Crippen LogP contribution in [-0.4, -0.2) is 51.0 Å². The van der Waals surface area contributed by atoms with E-state index < -0.39 is 10.0 Å². The van der Waals surface area contributed by atoms with Crippen LogP contribution in [0.3, 0.4) is 0 Å². The van der Waals surface area contributed by atoms with Gasteiger partial charge in [0.1, 0.15) is 0 Å². The lowest BCUT2D eigenvalue weighted by Gasteiger charge is -2.24. The number of aromatic nitrogens is 1. The molecule has 0 bridgehead atoms. The van der Waals surface area contributed by atoms with Crippen molar-refractivity contribution < 1.29 is 8.42 Å². The molecule has 1 aromatic rings. The molecule has 0 radical (unpaired) electrons. The van der Waals surface area contributed by atoms with E-state index in [4.69, 9.17) is 0 Å². The zero-order valence-electron chi connectivity index (χ0n) is 12.1. The van der Waals surface area contributed by atoms with E-state index in [0.29, 0.717) is 18.3 Å². The molecule has 0 aliphatic heterocycles. The van der Waals surface area contributed by atoms with Crippen molar-refractivity contribution in [2.45, 2.75) is 36.9 Å². The summed E-state index contributed by atoms with van der Waals surface area (Å²) < 4.78 is 27.2. The minimum absolute atomic E-state index is 0.0452. The molecule has 1 aromatic heterocycles. The van der Waals surface area contributed by atoms with Crippen LogP contribution in [-0.2, 0) is 10.0 Å². The quantitative estimate of drug-likeness (QED) is 0.782. The number of nitrogens with one attached hydrogen (secondary N) is 2. The lowest BCUT2D eigenvalue weighted by molar-refractivity contribution is 0.248. The van der Waals surface area contributed by atoms with E-state index in [1.807, 2.05) is 14.0 Å². The molecule has 2 rings (SSSR count). The van der Waals surface area contributed by atoms with Crippen molar-refractivity contribution in [3.05, 3.63) is 18.3 Å². The maximum Gasteiger partial charge on any atom is 0.260 e. The van der Waals surface area contributed by atoms with Crippen LogP contribution in [0.4, 0.5) is 5.69 Å². The van der Waals surface area contributed by atoms with E-state index in [1.165, 1.54) is 19.0 Å². The fraction of sp³-hybridized carbons (Fsp3) is 0.615. The van der Waals surface area contributed by atoms with Gasteiger partial charge in [-0.1, -0.05) is 0 Å². The van der Waals surface area contributed by atoms with Gasteiger partial charge in [0.05, 0.1) is 5.69 Å². The number of hydrogen-bond acceptors (Lipinski definition) is 5. The van der Waals surface area contributed by atoms with Crippen LogP contribution in [0, 0.1) is 0 Å². The predicted molar refractivity (Wildman–Crippen MR) is 79.2 cm³/mol. The first-order valence-corrected chi connectivity index (χ1v) is 8.28. The number of hydrogen-bond donors (Lipinski definition) is 2. The average Bonchev–Trinajstić information content (AvgIpc) is 3.28. The normalized spacial score (nSPS) is 17.2. The molecule has 0 spiro atoms. The van der Waals surface area contributed by atoms with Crippen LogP contribution in [0.25, 0.3) is 0 Å². The van der Waals surface area contributed by atoms with Gasteiger partial charge in [-0.3, -0.25) is 4.90 Å². The van der Waals surface area contributed by atoms with Gasteiger partial charge in [-0.15, -0.1) is 0 Å². The third-order valence-electron chi connectivity index (χ3n) is 3.68. The average molecular weight is 298 g/mol. The van der Waals surface area contributed by atoms with Gasteiger partial charge in [0.25, 0.3) is 10.0 Å². The summed E-state index contributed by atoms with van der Waals surface area (Å²) in [6.45, 7) is 2.41. The molecule has 112 valence electrons. The molecule has 1 aliphatic carbocycles. The molecular formula is C13H22N4O2S. The smallest absolute Gasteiger partial charge is 0.260 e. The van der Waals surface area contributed by atoms with Gasteiger partial charge in [-0.05, 0) is 38.9 Å². The van der Waals surface area contributed by atoms with Crippen LogP contribution >= 0.6 is 0 Å². The third kappa shape index (κ3) is 3.47. The largest absolute Gasteiger partial charge is 0.386 e. The summed E-state index contributed by atoms with van der Waals surface area (Å²) >= 11 is 0. The van der Waals surface area contributed by atoms with E-state index in [-0.39, 0.29) is 11.1 Å². The van der Waals surface area contributed by atoms with Gasteiger partial charge in [0, 0.05) is 31.9 Å². The topological polar surface area (TPSA) is 74.3 Å². The first-order chi connectivity index (χ1) is 9.45. The fourth-order valence-electron chi connectivity index (χ4n) is 2.08. The van der Waals surface area contributed by atoms with Gasteiger partial charge in [0.15, 0.2) is 5.03 Å². The Labute approximate surface area is 120 Å². The summed E-state index contributed by atoms with van der Waals surface area (Å²) in [5.74, 6) is 0. The van der Waals surface area contributed by atoms with Crippen molar-refractivity contribution in [2.75, 3.05) is 26.0 Å². The van der Waals surface area contributed by atoms with Crippen LogP contribution in [0.5, 0.6) is 0 Å². The predicted octanol–water partition coefficient (Wildman–Crippen LogP) is 0.884. The second-order valence-electron chi connectivity index (χ2n) is 5.20. The number of pyridine rings is 1. The van der Waals surface area contributed by atoms with Gasteiger partial charge in [-0.2, -0.15) is 0 Å². The zero-order valence-corrected chi connectivity index (χ0v) is 12.9. The number of anilines is 1. The SMILES string of the molecule is CNc1cccnc1S(=O)(=O)NCC(C)N(C)C1CC1. The first kappa shape index (κ1) is 15.2. The molecule has 1 saturated carbocycles. The van der Waals surface area contributed by atoms with Crippen LogP contribution < -0.4 is 10.0 Å². The lowest BCUT2D eigenvalue weighted by atomic mass is 10.3. The Morgan fingerprint density at radius 3 is 2.80 bits per heavy atom. The maximum atomic E-state index is 12.3. The summed E-state index contributed by atoms with van der Waals surface area (Å²) in [5.41, 5.74) is 0.503. The van der Waals surface area contributed by atoms with Crippen LogP contribution in [0.1, 0.15) is 19.8 Å². The second kappa shape index (κ2) is 6.07. The van der Waals surface area contributed by atoms with Gasteiger partial charge in [-0.25, -0.2) is 18.1 Å². The Morgan fingerprint density at radius 2 is 2.20 bits per heavy atom. The lowest BCUT2D eigenvalue weighted by Crippen LogP contribution is -2.41. The van der Waals surface area contributed by atoms with Crippen molar-refractivity contribution in [3.63, 3.8) is 0 Å². The van der Waals surface area contributed by atoms with Crippen LogP contribution in [0.2, 0.25) is 0 Å². The van der Waals surface area contributed by atoms with E-state index in [0.717, 1.165) is 0 Å². The molecule has 20 heavy (non-hydrogen) atoms. The molecule has 1 atom stereocenters. The number of sulfonamides is 1. The molecule has 6 nitrogen and oxygen atoms in total. The van der Waals surface area contributed by atoms with Gasteiger partial charge in [0.2, 0.25) is 0 Å². The Kier molecular flexibility index (Phi) is 4.62. The molecule has 0 saturated heterocycles. The number of nitrogens with zero attached hydrogens (tertiary/aromatic N) is 2. The van der Waals surface area contributed by atoms with E-state index in [9.17, 15) is 8.42 Å². The molecule has 1 fully saturated rings. The highest BCUT2D eigenvalue weighted by Crippen LogP contribution is 2.26.